The van der Waals surface area contributed by atoms with Crippen molar-refractivity contribution in [3.8, 4) is 0 Å². The summed E-state index contributed by atoms with van der Waals surface area (Å²) in [6.45, 7) is 6.28. The first-order valence-corrected chi connectivity index (χ1v) is 12.8. The lowest BCUT2D eigenvalue weighted by molar-refractivity contribution is -0.138. The zero-order chi connectivity index (χ0) is 28.5. The van der Waals surface area contributed by atoms with E-state index in [1.165, 1.54) is 28.6 Å². The van der Waals surface area contributed by atoms with E-state index in [9.17, 15) is 9.59 Å². The van der Waals surface area contributed by atoms with Crippen molar-refractivity contribution in [3.05, 3.63) is 120 Å². The van der Waals surface area contributed by atoms with Gasteiger partial charge < -0.3 is 5.73 Å². The third-order valence-electron chi connectivity index (χ3n) is 6.52. The van der Waals surface area contributed by atoms with Gasteiger partial charge in [-0.2, -0.15) is 0 Å². The van der Waals surface area contributed by atoms with Crippen LogP contribution in [0.1, 0.15) is 38.0 Å². The molecule has 0 spiro atoms. The number of rotatable bonds is 0. The molecule has 6 heteroatoms. The molecule has 2 aliphatic carbocycles. The molecule has 40 heavy (non-hydrogen) atoms. The van der Waals surface area contributed by atoms with Crippen molar-refractivity contribution in [2.45, 2.75) is 42.0 Å². The molecule has 2 amide bonds. The Balaban J connectivity index is 0. The number of benzene rings is 3. The van der Waals surface area contributed by atoms with Gasteiger partial charge in [0.05, 0.1) is 11.8 Å². The molecule has 1 saturated carbocycles. The molecule has 3 aliphatic rings. The van der Waals surface area contributed by atoms with Gasteiger partial charge in [0.15, 0.2) is 0 Å². The van der Waals surface area contributed by atoms with Crippen molar-refractivity contribution in [3.63, 3.8) is 0 Å². The van der Waals surface area contributed by atoms with Crippen molar-refractivity contribution in [2.24, 2.45) is 41.1 Å². The van der Waals surface area contributed by atoms with Gasteiger partial charge in [0.2, 0.25) is 11.8 Å². The molecule has 4 unspecified atom stereocenters. The standard InChI is InChI=1S/C10H11NO2.C8H10.C7H8.C6H6.CH5N.2CH4.H4N2/c1-11-9(12)7-5-2-3-6(4-5)8(7)10(11)13;1-7-3-5-8(2)6-4-7;1-7-5-3-2-4-6-7;1-2-4-6-5-3-1;1-2;;;1-2/h2-3,5-8H,4H2,1H3;3-6H,1-2H3;2-6H,1H3;1-6H;2H2,1H3;2*1H4;1-2H2. The quantitative estimate of drug-likeness (QED) is 0.136. The van der Waals surface area contributed by atoms with E-state index < -0.39 is 0 Å². The normalized spacial score (nSPS) is 19.9. The highest BCUT2D eigenvalue weighted by molar-refractivity contribution is 6.06. The number of fused-ring (bicyclic) bond motifs is 5. The Morgan fingerprint density at radius 3 is 1.12 bits per heavy atom. The number of carbonyl (C=O) groups is 2. The van der Waals surface area contributed by atoms with E-state index >= 15 is 0 Å². The molecule has 3 aromatic rings. The van der Waals surface area contributed by atoms with Gasteiger partial charge in [0, 0.05) is 7.05 Å². The van der Waals surface area contributed by atoms with E-state index in [0.717, 1.165) is 6.42 Å². The van der Waals surface area contributed by atoms with E-state index in [-0.39, 0.29) is 38.5 Å². The molecule has 2 fully saturated rings. The summed E-state index contributed by atoms with van der Waals surface area (Å²) in [7, 11) is 3.10. The fraction of sp³-hybridized carbons (Fsp3) is 0.353. The lowest BCUT2D eigenvalue weighted by atomic mass is 9.85. The van der Waals surface area contributed by atoms with Gasteiger partial charge >= 0.3 is 0 Å². The van der Waals surface area contributed by atoms with Gasteiger partial charge in [-0.1, -0.05) is 135 Å². The Hall–Kier alpha value is -3.58. The number of nitrogens with two attached hydrogens (primary N) is 3. The van der Waals surface area contributed by atoms with E-state index in [2.05, 4.69) is 86.7 Å². The minimum absolute atomic E-state index is 0. The first-order valence-electron chi connectivity index (χ1n) is 12.8. The topological polar surface area (TPSA) is 115 Å². The van der Waals surface area contributed by atoms with Gasteiger partial charge in [-0.3, -0.25) is 26.2 Å². The Morgan fingerprint density at radius 1 is 0.575 bits per heavy atom. The molecule has 1 heterocycles. The number of amides is 2. The van der Waals surface area contributed by atoms with Crippen LogP contribution in [0.4, 0.5) is 0 Å². The van der Waals surface area contributed by atoms with Crippen molar-refractivity contribution in [1.29, 1.82) is 0 Å². The number of nitrogens with zero attached hydrogens (tertiary/aromatic N) is 1. The highest BCUT2D eigenvalue weighted by Gasteiger charge is 2.58. The van der Waals surface area contributed by atoms with E-state index in [1.54, 1.807) is 7.05 Å². The zero-order valence-electron chi connectivity index (χ0n) is 23.3. The van der Waals surface area contributed by atoms with Crippen molar-refractivity contribution >= 4 is 11.8 Å². The van der Waals surface area contributed by atoms with Crippen LogP contribution in [-0.2, 0) is 9.59 Å². The highest BCUT2D eigenvalue weighted by Crippen LogP contribution is 2.52. The summed E-state index contributed by atoms with van der Waals surface area (Å²) in [5, 5.41) is 0. The summed E-state index contributed by atoms with van der Waals surface area (Å²) < 4.78 is 0. The molecular weight excluding hydrogens is 496 g/mol. The molecule has 1 saturated heterocycles. The van der Waals surface area contributed by atoms with Crippen LogP contribution in [0.3, 0.4) is 0 Å². The molecule has 2 bridgehead atoms. The smallest absolute Gasteiger partial charge is 0.233 e. The van der Waals surface area contributed by atoms with Gasteiger partial charge in [0.1, 0.15) is 0 Å². The molecule has 3 aromatic carbocycles. The SMILES string of the molecule is C.C.CN.CN1C(=O)C2C3C=CC(C3)C2C1=O.Cc1ccc(C)cc1.Cc1ccccc1.NN.c1ccccc1. The average molecular weight is 549 g/mol. The van der Waals surface area contributed by atoms with Crippen LogP contribution in [0.5, 0.6) is 0 Å². The van der Waals surface area contributed by atoms with Gasteiger partial charge in [-0.15, -0.1) is 0 Å². The molecule has 1 aliphatic heterocycles. The van der Waals surface area contributed by atoms with Crippen LogP contribution in [0.25, 0.3) is 0 Å². The first-order chi connectivity index (χ1) is 18.4. The Morgan fingerprint density at radius 2 is 0.850 bits per heavy atom. The number of hydrazine groups is 1. The molecule has 220 valence electrons. The molecule has 6 rings (SSSR count). The lowest BCUT2D eigenvalue weighted by Gasteiger charge is -2.14. The molecule has 0 aromatic heterocycles. The summed E-state index contributed by atoms with van der Waals surface area (Å²) in [4.78, 5) is 24.6. The zero-order valence-corrected chi connectivity index (χ0v) is 23.3. The number of hydrogen-bond acceptors (Lipinski definition) is 5. The third kappa shape index (κ3) is 11.7. The Bertz CT molecular complexity index is 1010. The molecular formula is C34H52N4O2. The molecule has 6 nitrogen and oxygen atoms in total. The minimum atomic E-state index is -0.0208. The fourth-order valence-electron chi connectivity index (χ4n) is 4.61. The van der Waals surface area contributed by atoms with Crippen LogP contribution in [0, 0.1) is 44.4 Å². The second kappa shape index (κ2) is 21.3. The van der Waals surface area contributed by atoms with E-state index in [0.29, 0.717) is 11.8 Å². The van der Waals surface area contributed by atoms with Crippen LogP contribution < -0.4 is 17.4 Å². The highest BCUT2D eigenvalue weighted by atomic mass is 16.2. The Labute approximate surface area is 243 Å². The summed E-state index contributed by atoms with van der Waals surface area (Å²) in [5.74, 6) is 8.71. The maximum absolute atomic E-state index is 11.7. The number of allylic oxidation sites excluding steroid dienone is 2. The summed E-state index contributed by atoms with van der Waals surface area (Å²) >= 11 is 0. The summed E-state index contributed by atoms with van der Waals surface area (Å²) in [6, 6.07) is 30.7. The van der Waals surface area contributed by atoms with Crippen LogP contribution >= 0.6 is 0 Å². The predicted molar refractivity (Wildman–Crippen MR) is 171 cm³/mol. The summed E-state index contributed by atoms with van der Waals surface area (Å²) in [6.07, 6.45) is 5.23. The molecule has 4 atom stereocenters. The number of hydrogen-bond donors (Lipinski definition) is 3. The average Bonchev–Trinajstić information content (AvgIpc) is 3.66. The van der Waals surface area contributed by atoms with Crippen molar-refractivity contribution in [1.82, 2.24) is 4.90 Å². The minimum Gasteiger partial charge on any atom is -0.333 e. The fourth-order valence-corrected chi connectivity index (χ4v) is 4.61. The maximum Gasteiger partial charge on any atom is 0.233 e. The number of aryl methyl sites for hydroxylation is 3. The second-order valence-electron chi connectivity index (χ2n) is 9.20. The number of likely N-dealkylation sites (tertiary alicyclic amines) is 1. The monoisotopic (exact) mass is 548 g/mol. The summed E-state index contributed by atoms with van der Waals surface area (Å²) in [5.41, 5.74) is 8.48. The van der Waals surface area contributed by atoms with Crippen LogP contribution in [0.2, 0.25) is 0 Å². The molecule has 0 radical (unpaired) electrons. The first kappa shape index (κ1) is 38.6. The van der Waals surface area contributed by atoms with E-state index in [4.69, 9.17) is 0 Å². The molecule has 6 N–H and O–H groups in total. The van der Waals surface area contributed by atoms with Gasteiger partial charge in [-0.05, 0) is 46.1 Å². The largest absolute Gasteiger partial charge is 0.333 e. The lowest BCUT2D eigenvalue weighted by Crippen LogP contribution is -2.28. The maximum atomic E-state index is 11.7. The number of carbonyl (C=O) groups excluding carboxylic acids is 2. The van der Waals surface area contributed by atoms with Crippen LogP contribution in [0.15, 0.2) is 103 Å². The third-order valence-corrected chi connectivity index (χ3v) is 6.52. The van der Waals surface area contributed by atoms with Gasteiger partial charge in [-0.25, -0.2) is 0 Å². The van der Waals surface area contributed by atoms with Crippen molar-refractivity contribution in [2.75, 3.05) is 14.1 Å². The van der Waals surface area contributed by atoms with Crippen molar-refractivity contribution < 1.29 is 9.59 Å². The van der Waals surface area contributed by atoms with E-state index in [1.807, 2.05) is 54.6 Å². The Kier molecular flexibility index (Phi) is 20.5. The van der Waals surface area contributed by atoms with Crippen LogP contribution in [-0.4, -0.2) is 30.8 Å². The second-order valence-corrected chi connectivity index (χ2v) is 9.20. The predicted octanol–water partition coefficient (Wildman–Crippen LogP) is 6.07. The number of imide groups is 1. The van der Waals surface area contributed by atoms with Gasteiger partial charge in [0.25, 0.3) is 0 Å².